The number of aryl methyl sites for hydroxylation is 1. The third-order valence-electron chi connectivity index (χ3n) is 4.35. The van der Waals surface area contributed by atoms with Gasteiger partial charge in [0.05, 0.1) is 6.61 Å². The standard InChI is InChI=1S/C17H26N2O2/c1-3-15(10-14-6-4-13(2)5-7-14)19-16(21)18-11-17(12-20)8-9-17/h4-7,15,20H,3,8-12H2,1-2H3,(H2,18,19,21). The minimum Gasteiger partial charge on any atom is -0.396 e. The molecule has 0 aromatic heterocycles. The van der Waals surface area contributed by atoms with Crippen molar-refractivity contribution in [2.24, 2.45) is 5.41 Å². The smallest absolute Gasteiger partial charge is 0.315 e. The van der Waals surface area contributed by atoms with Crippen LogP contribution in [0.15, 0.2) is 24.3 Å². The van der Waals surface area contributed by atoms with Gasteiger partial charge in [-0.15, -0.1) is 0 Å². The van der Waals surface area contributed by atoms with Crippen LogP contribution >= 0.6 is 0 Å². The first-order chi connectivity index (χ1) is 10.1. The van der Waals surface area contributed by atoms with E-state index >= 15 is 0 Å². The van der Waals surface area contributed by atoms with Gasteiger partial charge in [0.15, 0.2) is 0 Å². The lowest BCUT2D eigenvalue weighted by atomic mass is 10.0. The molecule has 1 aliphatic carbocycles. The molecule has 0 aliphatic heterocycles. The van der Waals surface area contributed by atoms with Crippen molar-refractivity contribution in [1.29, 1.82) is 0 Å². The predicted molar refractivity (Wildman–Crippen MR) is 84.2 cm³/mol. The number of nitrogens with one attached hydrogen (secondary N) is 2. The second-order valence-corrected chi connectivity index (χ2v) is 6.28. The highest BCUT2D eigenvalue weighted by Crippen LogP contribution is 2.44. The van der Waals surface area contributed by atoms with Gasteiger partial charge in [0.25, 0.3) is 0 Å². The molecule has 0 spiro atoms. The summed E-state index contributed by atoms with van der Waals surface area (Å²) >= 11 is 0. The maximum atomic E-state index is 11.9. The monoisotopic (exact) mass is 290 g/mol. The summed E-state index contributed by atoms with van der Waals surface area (Å²) in [6, 6.07) is 8.43. The van der Waals surface area contributed by atoms with Crippen LogP contribution in [0.25, 0.3) is 0 Å². The van der Waals surface area contributed by atoms with Crippen LogP contribution < -0.4 is 10.6 Å². The Balaban J connectivity index is 1.78. The zero-order valence-electron chi connectivity index (χ0n) is 13.0. The van der Waals surface area contributed by atoms with E-state index in [0.29, 0.717) is 6.54 Å². The van der Waals surface area contributed by atoms with E-state index in [9.17, 15) is 9.90 Å². The van der Waals surface area contributed by atoms with Crippen LogP contribution in [0, 0.1) is 12.3 Å². The maximum Gasteiger partial charge on any atom is 0.315 e. The van der Waals surface area contributed by atoms with E-state index in [1.807, 2.05) is 0 Å². The summed E-state index contributed by atoms with van der Waals surface area (Å²) < 4.78 is 0. The molecule has 4 nitrogen and oxygen atoms in total. The van der Waals surface area contributed by atoms with Gasteiger partial charge in [0, 0.05) is 18.0 Å². The minimum atomic E-state index is -0.131. The Morgan fingerprint density at radius 3 is 2.52 bits per heavy atom. The molecule has 1 aliphatic rings. The van der Waals surface area contributed by atoms with E-state index in [-0.39, 0.29) is 24.1 Å². The third-order valence-corrected chi connectivity index (χ3v) is 4.35. The summed E-state index contributed by atoms with van der Waals surface area (Å²) in [5, 5.41) is 15.2. The molecule has 1 fully saturated rings. The van der Waals surface area contributed by atoms with Gasteiger partial charge in [0.2, 0.25) is 0 Å². The van der Waals surface area contributed by atoms with Gasteiger partial charge in [0.1, 0.15) is 0 Å². The maximum absolute atomic E-state index is 11.9. The first-order valence-electron chi connectivity index (χ1n) is 7.78. The Labute approximate surface area is 126 Å². The zero-order valence-corrected chi connectivity index (χ0v) is 13.0. The van der Waals surface area contributed by atoms with Crippen molar-refractivity contribution in [3.63, 3.8) is 0 Å². The van der Waals surface area contributed by atoms with Crippen molar-refractivity contribution < 1.29 is 9.90 Å². The Morgan fingerprint density at radius 2 is 2.00 bits per heavy atom. The number of rotatable bonds is 7. The van der Waals surface area contributed by atoms with E-state index in [4.69, 9.17) is 0 Å². The van der Waals surface area contributed by atoms with Crippen LogP contribution in [-0.4, -0.2) is 30.3 Å². The minimum absolute atomic E-state index is 0.0456. The molecule has 1 aromatic carbocycles. The van der Waals surface area contributed by atoms with Crippen molar-refractivity contribution >= 4 is 6.03 Å². The summed E-state index contributed by atoms with van der Waals surface area (Å²) in [4.78, 5) is 11.9. The normalized spacial score (nSPS) is 17.1. The number of aliphatic hydroxyl groups excluding tert-OH is 1. The number of carbonyl (C=O) groups is 1. The van der Waals surface area contributed by atoms with E-state index < -0.39 is 0 Å². The largest absolute Gasteiger partial charge is 0.396 e. The Hall–Kier alpha value is -1.55. The van der Waals surface area contributed by atoms with Crippen LogP contribution in [0.1, 0.15) is 37.3 Å². The summed E-state index contributed by atoms with van der Waals surface area (Å²) in [5.74, 6) is 0. The molecule has 2 rings (SSSR count). The van der Waals surface area contributed by atoms with Crippen molar-refractivity contribution in [1.82, 2.24) is 10.6 Å². The van der Waals surface area contributed by atoms with Gasteiger partial charge in [-0.05, 0) is 38.2 Å². The molecule has 0 bridgehead atoms. The number of carbonyl (C=O) groups excluding carboxylic acids is 1. The molecule has 3 N–H and O–H groups in total. The molecule has 116 valence electrons. The van der Waals surface area contributed by atoms with Crippen molar-refractivity contribution in [2.45, 2.75) is 45.6 Å². The Kier molecular flexibility index (Phi) is 5.23. The topological polar surface area (TPSA) is 61.4 Å². The number of hydrogen-bond donors (Lipinski definition) is 3. The van der Waals surface area contributed by atoms with Crippen LogP contribution in [0.3, 0.4) is 0 Å². The van der Waals surface area contributed by atoms with Crippen molar-refractivity contribution in [3.8, 4) is 0 Å². The van der Waals surface area contributed by atoms with Crippen molar-refractivity contribution in [2.75, 3.05) is 13.2 Å². The van der Waals surface area contributed by atoms with E-state index in [1.165, 1.54) is 11.1 Å². The predicted octanol–water partition coefficient (Wildman–Crippen LogP) is 2.39. The number of amides is 2. The summed E-state index contributed by atoms with van der Waals surface area (Å²) in [5.41, 5.74) is 2.44. The van der Waals surface area contributed by atoms with Gasteiger partial charge < -0.3 is 15.7 Å². The van der Waals surface area contributed by atoms with E-state index in [0.717, 1.165) is 25.7 Å². The van der Waals surface area contributed by atoms with Crippen LogP contribution in [0.5, 0.6) is 0 Å². The molecule has 1 unspecified atom stereocenters. The lowest BCUT2D eigenvalue weighted by Crippen LogP contribution is -2.45. The highest BCUT2D eigenvalue weighted by molar-refractivity contribution is 5.74. The SMILES string of the molecule is CCC(Cc1ccc(C)cc1)NC(=O)NCC1(CO)CC1. The molecule has 2 amide bonds. The number of hydrogen-bond acceptors (Lipinski definition) is 2. The second kappa shape index (κ2) is 6.94. The molecule has 0 heterocycles. The summed E-state index contributed by atoms with van der Waals surface area (Å²) in [6.07, 6.45) is 3.75. The zero-order chi connectivity index (χ0) is 15.3. The van der Waals surface area contributed by atoms with Gasteiger partial charge in [-0.1, -0.05) is 36.8 Å². The average molecular weight is 290 g/mol. The van der Waals surface area contributed by atoms with E-state index in [1.54, 1.807) is 0 Å². The lowest BCUT2D eigenvalue weighted by molar-refractivity contribution is 0.202. The molecule has 21 heavy (non-hydrogen) atoms. The third kappa shape index (κ3) is 4.74. The van der Waals surface area contributed by atoms with E-state index in [2.05, 4.69) is 48.7 Å². The van der Waals surface area contributed by atoms with Gasteiger partial charge in [-0.3, -0.25) is 0 Å². The number of benzene rings is 1. The molecule has 1 aromatic rings. The van der Waals surface area contributed by atoms with Crippen LogP contribution in [0.2, 0.25) is 0 Å². The molecular formula is C17H26N2O2. The summed E-state index contributed by atoms with van der Waals surface area (Å²) in [6.45, 7) is 4.88. The summed E-state index contributed by atoms with van der Waals surface area (Å²) in [7, 11) is 0. The molecular weight excluding hydrogens is 264 g/mol. The molecule has 1 saturated carbocycles. The second-order valence-electron chi connectivity index (χ2n) is 6.28. The number of aliphatic hydroxyl groups is 1. The molecule has 4 heteroatoms. The average Bonchev–Trinajstić information content (AvgIpc) is 3.27. The van der Waals surface area contributed by atoms with Crippen LogP contribution in [-0.2, 0) is 6.42 Å². The van der Waals surface area contributed by atoms with Gasteiger partial charge in [-0.25, -0.2) is 4.79 Å². The van der Waals surface area contributed by atoms with Crippen LogP contribution in [0.4, 0.5) is 4.79 Å². The quantitative estimate of drug-likeness (QED) is 0.722. The fraction of sp³-hybridized carbons (Fsp3) is 0.588. The van der Waals surface area contributed by atoms with Gasteiger partial charge in [-0.2, -0.15) is 0 Å². The fourth-order valence-electron chi connectivity index (χ4n) is 2.38. The number of urea groups is 1. The molecule has 0 radical (unpaired) electrons. The highest BCUT2D eigenvalue weighted by atomic mass is 16.3. The van der Waals surface area contributed by atoms with Crippen molar-refractivity contribution in [3.05, 3.63) is 35.4 Å². The Morgan fingerprint density at radius 1 is 1.33 bits per heavy atom. The highest BCUT2D eigenvalue weighted by Gasteiger charge is 2.42. The first kappa shape index (κ1) is 15.8. The Bertz CT molecular complexity index is 466. The molecule has 1 atom stereocenters. The first-order valence-corrected chi connectivity index (χ1v) is 7.78. The lowest BCUT2D eigenvalue weighted by Gasteiger charge is -2.19. The fourth-order valence-corrected chi connectivity index (χ4v) is 2.38. The van der Waals surface area contributed by atoms with Gasteiger partial charge >= 0.3 is 6.03 Å². The molecule has 0 saturated heterocycles.